The fourth-order valence-electron chi connectivity index (χ4n) is 2.56. The maximum Gasteiger partial charge on any atom is 0.441 e. The number of hydrogen-bond donors (Lipinski definition) is 2. The number of anilines is 1. The average Bonchev–Trinajstić information content (AvgIpc) is 2.70. The molecule has 162 valence electrons. The molecule has 10 heteroatoms. The van der Waals surface area contributed by atoms with Crippen molar-refractivity contribution in [3.63, 3.8) is 0 Å². The number of nitrogens with one attached hydrogen (secondary N) is 2. The Hall–Kier alpha value is -2.94. The fraction of sp³-hybridized carbons (Fsp3) is 0.300. The maximum atomic E-state index is 14.2. The molecule has 0 aliphatic heterocycles. The van der Waals surface area contributed by atoms with E-state index in [9.17, 15) is 22.8 Å². The van der Waals surface area contributed by atoms with Crippen LogP contribution in [-0.2, 0) is 9.53 Å². The SMILES string of the molecule is CCOC(=O)C(NC(=O)c1ccc(OC)cc1)(Nc1cccc(Cl)c1C)C(F)(F)F. The minimum Gasteiger partial charge on any atom is -0.497 e. The van der Waals surface area contributed by atoms with Gasteiger partial charge >= 0.3 is 17.8 Å². The number of methoxy groups -OCH3 is 1. The summed E-state index contributed by atoms with van der Waals surface area (Å²) in [6.45, 7) is 2.50. The third kappa shape index (κ3) is 4.79. The molecule has 30 heavy (non-hydrogen) atoms. The molecule has 0 fully saturated rings. The number of ether oxygens (including phenoxy) is 2. The molecule has 1 unspecified atom stereocenters. The number of rotatable bonds is 7. The number of hydrogen-bond acceptors (Lipinski definition) is 5. The zero-order valence-electron chi connectivity index (χ0n) is 16.4. The zero-order valence-corrected chi connectivity index (χ0v) is 17.1. The molecule has 6 nitrogen and oxygen atoms in total. The number of halogens is 4. The van der Waals surface area contributed by atoms with Crippen molar-refractivity contribution in [1.29, 1.82) is 0 Å². The summed E-state index contributed by atoms with van der Waals surface area (Å²) in [4.78, 5) is 25.1. The van der Waals surface area contributed by atoms with Crippen molar-refractivity contribution in [3.05, 3.63) is 58.6 Å². The van der Waals surface area contributed by atoms with Crippen LogP contribution >= 0.6 is 11.6 Å². The molecule has 2 N–H and O–H groups in total. The lowest BCUT2D eigenvalue weighted by atomic mass is 10.1. The third-order valence-electron chi connectivity index (χ3n) is 4.25. The smallest absolute Gasteiger partial charge is 0.441 e. The molecule has 1 amide bonds. The van der Waals surface area contributed by atoms with Crippen LogP contribution in [0.1, 0.15) is 22.8 Å². The zero-order chi connectivity index (χ0) is 22.5. The van der Waals surface area contributed by atoms with Gasteiger partial charge in [-0.3, -0.25) is 4.79 Å². The largest absolute Gasteiger partial charge is 0.497 e. The summed E-state index contributed by atoms with van der Waals surface area (Å²) < 4.78 is 52.3. The number of benzene rings is 2. The Bertz CT molecular complexity index is 919. The number of esters is 1. The van der Waals surface area contributed by atoms with Crippen molar-refractivity contribution in [2.75, 3.05) is 19.0 Å². The summed E-state index contributed by atoms with van der Waals surface area (Å²) in [6, 6.07) is 9.55. The highest BCUT2D eigenvalue weighted by atomic mass is 35.5. The van der Waals surface area contributed by atoms with Crippen LogP contribution in [0.4, 0.5) is 18.9 Å². The van der Waals surface area contributed by atoms with Gasteiger partial charge in [-0.1, -0.05) is 17.7 Å². The first-order valence-electron chi connectivity index (χ1n) is 8.79. The Kier molecular flexibility index (Phi) is 7.20. The van der Waals surface area contributed by atoms with Gasteiger partial charge in [0.05, 0.1) is 13.7 Å². The monoisotopic (exact) mass is 444 g/mol. The normalized spacial score (nSPS) is 13.2. The van der Waals surface area contributed by atoms with E-state index < -0.39 is 23.7 Å². The summed E-state index contributed by atoms with van der Waals surface area (Å²) in [5.74, 6) is -2.44. The van der Waals surface area contributed by atoms with Gasteiger partial charge in [-0.05, 0) is 55.8 Å². The fourth-order valence-corrected chi connectivity index (χ4v) is 2.73. The molecular formula is C20H20ClF3N2O4. The van der Waals surface area contributed by atoms with Gasteiger partial charge in [0.1, 0.15) is 5.75 Å². The summed E-state index contributed by atoms with van der Waals surface area (Å²) in [5.41, 5.74) is -3.49. The van der Waals surface area contributed by atoms with E-state index in [-0.39, 0.29) is 28.4 Å². The maximum absolute atomic E-state index is 14.2. The van der Waals surface area contributed by atoms with Crippen LogP contribution in [0.15, 0.2) is 42.5 Å². The van der Waals surface area contributed by atoms with E-state index in [2.05, 4.69) is 10.1 Å². The lowest BCUT2D eigenvalue weighted by Crippen LogP contribution is -2.69. The highest BCUT2D eigenvalue weighted by Crippen LogP contribution is 2.35. The summed E-state index contributed by atoms with van der Waals surface area (Å²) in [6.07, 6.45) is -5.25. The van der Waals surface area contributed by atoms with Crippen molar-refractivity contribution >= 4 is 29.2 Å². The number of carbonyl (C=O) groups excluding carboxylic acids is 2. The Balaban J connectivity index is 2.53. The van der Waals surface area contributed by atoms with E-state index in [1.165, 1.54) is 63.4 Å². The van der Waals surface area contributed by atoms with Gasteiger partial charge in [-0.25, -0.2) is 4.79 Å². The van der Waals surface area contributed by atoms with Crippen LogP contribution in [0.5, 0.6) is 5.75 Å². The van der Waals surface area contributed by atoms with Gasteiger partial charge in [-0.15, -0.1) is 0 Å². The molecular weight excluding hydrogens is 425 g/mol. The van der Waals surface area contributed by atoms with Crippen molar-refractivity contribution in [1.82, 2.24) is 5.32 Å². The molecule has 0 aromatic heterocycles. The molecule has 0 spiro atoms. The quantitative estimate of drug-likeness (QED) is 0.491. The molecule has 1 atom stereocenters. The third-order valence-corrected chi connectivity index (χ3v) is 4.66. The standard InChI is InChI=1S/C20H20ClF3N2O4/c1-4-30-18(28)19(20(22,23)24,25-16-7-5-6-15(21)12(16)2)26-17(27)13-8-10-14(29-3)11-9-13/h5-11,25H,4H2,1-3H3,(H,26,27). The molecule has 2 rings (SSSR count). The summed E-state index contributed by atoms with van der Waals surface area (Å²) >= 11 is 5.99. The summed E-state index contributed by atoms with van der Waals surface area (Å²) in [5, 5.41) is 4.06. The first kappa shape index (κ1) is 23.3. The molecule has 0 bridgehead atoms. The molecule has 0 aliphatic carbocycles. The van der Waals surface area contributed by atoms with E-state index in [0.717, 1.165) is 0 Å². The Labute approximate surface area is 176 Å². The molecule has 2 aromatic rings. The van der Waals surface area contributed by atoms with Crippen LogP contribution in [0.3, 0.4) is 0 Å². The minimum absolute atomic E-state index is 0.0945. The van der Waals surface area contributed by atoms with Crippen molar-refractivity contribution < 1.29 is 32.2 Å². The molecule has 0 heterocycles. The van der Waals surface area contributed by atoms with Crippen LogP contribution < -0.4 is 15.4 Å². The van der Waals surface area contributed by atoms with Crippen LogP contribution in [-0.4, -0.2) is 37.4 Å². The molecule has 0 aliphatic rings. The van der Waals surface area contributed by atoms with Gasteiger partial charge < -0.3 is 20.1 Å². The number of carbonyl (C=O) groups is 2. The van der Waals surface area contributed by atoms with Gasteiger partial charge in [0.15, 0.2) is 0 Å². The highest BCUT2D eigenvalue weighted by Gasteiger charge is 2.63. The molecule has 2 aromatic carbocycles. The lowest BCUT2D eigenvalue weighted by molar-refractivity contribution is -0.204. The second-order valence-electron chi connectivity index (χ2n) is 6.19. The Morgan fingerprint density at radius 2 is 1.73 bits per heavy atom. The van der Waals surface area contributed by atoms with E-state index in [0.29, 0.717) is 5.75 Å². The predicted octanol–water partition coefficient (Wildman–Crippen LogP) is 4.32. The predicted molar refractivity (Wildman–Crippen MR) is 106 cm³/mol. The van der Waals surface area contributed by atoms with E-state index in [4.69, 9.17) is 16.3 Å². The summed E-state index contributed by atoms with van der Waals surface area (Å²) in [7, 11) is 1.40. The lowest BCUT2D eigenvalue weighted by Gasteiger charge is -2.35. The topological polar surface area (TPSA) is 76.7 Å². The van der Waals surface area contributed by atoms with E-state index in [1.807, 2.05) is 0 Å². The number of alkyl halides is 3. The van der Waals surface area contributed by atoms with Crippen molar-refractivity contribution in [3.8, 4) is 5.75 Å². The average molecular weight is 445 g/mol. The second kappa shape index (κ2) is 9.25. The minimum atomic E-state index is -5.25. The number of amides is 1. The molecule has 0 saturated heterocycles. The van der Waals surface area contributed by atoms with Crippen molar-refractivity contribution in [2.24, 2.45) is 0 Å². The van der Waals surface area contributed by atoms with Gasteiger partial charge in [0.2, 0.25) is 0 Å². The van der Waals surface area contributed by atoms with Crippen LogP contribution in [0.2, 0.25) is 5.02 Å². The van der Waals surface area contributed by atoms with Gasteiger partial charge in [0.25, 0.3) is 5.91 Å². The van der Waals surface area contributed by atoms with Crippen LogP contribution in [0.25, 0.3) is 0 Å². The van der Waals surface area contributed by atoms with E-state index >= 15 is 0 Å². The van der Waals surface area contributed by atoms with Gasteiger partial charge in [0, 0.05) is 16.3 Å². The molecule has 0 radical (unpaired) electrons. The van der Waals surface area contributed by atoms with Crippen LogP contribution in [0, 0.1) is 6.92 Å². The van der Waals surface area contributed by atoms with Crippen molar-refractivity contribution in [2.45, 2.75) is 25.7 Å². The Morgan fingerprint density at radius 1 is 1.10 bits per heavy atom. The highest BCUT2D eigenvalue weighted by molar-refractivity contribution is 6.31. The first-order valence-corrected chi connectivity index (χ1v) is 9.17. The second-order valence-corrected chi connectivity index (χ2v) is 6.60. The van der Waals surface area contributed by atoms with E-state index in [1.54, 1.807) is 5.32 Å². The molecule has 0 saturated carbocycles. The Morgan fingerprint density at radius 3 is 2.27 bits per heavy atom. The first-order chi connectivity index (χ1) is 14.1. The van der Waals surface area contributed by atoms with Gasteiger partial charge in [-0.2, -0.15) is 13.2 Å².